The van der Waals surface area contributed by atoms with Crippen LogP contribution in [0.4, 0.5) is 0 Å². The normalized spacial score (nSPS) is 19.2. The molecule has 2 unspecified atom stereocenters. The zero-order chi connectivity index (χ0) is 18.2. The van der Waals surface area contributed by atoms with Gasteiger partial charge >= 0.3 is 0 Å². The Hall–Kier alpha value is -2.34. The maximum Gasteiger partial charge on any atom is 0.0161 e. The molecule has 0 heteroatoms. The van der Waals surface area contributed by atoms with Crippen molar-refractivity contribution in [2.45, 2.75) is 39.5 Å². The average Bonchev–Trinajstić information content (AvgIpc) is 2.68. The molecule has 0 amide bonds. The van der Waals surface area contributed by atoms with Crippen molar-refractivity contribution in [1.29, 1.82) is 0 Å². The minimum absolute atomic E-state index is 0.393. The third kappa shape index (κ3) is 4.20. The summed E-state index contributed by atoms with van der Waals surface area (Å²) in [6.07, 6.45) is 8.28. The maximum atomic E-state index is 4.04. The molecule has 1 aliphatic carbocycles. The molecule has 0 aromatic heterocycles. The second kappa shape index (κ2) is 9.22. The molecule has 0 spiro atoms. The van der Waals surface area contributed by atoms with E-state index in [-0.39, 0.29) is 0 Å². The van der Waals surface area contributed by atoms with Crippen molar-refractivity contribution in [3.8, 4) is 0 Å². The standard InChI is InChI=1S/C23H24.C2H6/c1-4-8-18(5-2)22-16-15-19-9-6-7-10-21(19)23(22)20-13-11-17(3)12-14-20;1-2/h4-14,22-23H,1-2,15-16H2,3H3;1-2H3/b18-8+;. The van der Waals surface area contributed by atoms with Crippen LogP contribution in [0.3, 0.4) is 0 Å². The van der Waals surface area contributed by atoms with Crippen LogP contribution >= 0.6 is 0 Å². The van der Waals surface area contributed by atoms with Crippen LogP contribution in [0.2, 0.25) is 0 Å². The zero-order valence-electron chi connectivity index (χ0n) is 15.8. The highest BCUT2D eigenvalue weighted by atomic mass is 14.3. The summed E-state index contributed by atoms with van der Waals surface area (Å²) in [5, 5.41) is 0. The summed E-state index contributed by atoms with van der Waals surface area (Å²) in [6.45, 7) is 14.1. The second-order valence-corrected chi connectivity index (χ2v) is 6.34. The van der Waals surface area contributed by atoms with E-state index < -0.39 is 0 Å². The molecule has 130 valence electrons. The molecule has 0 heterocycles. The number of benzene rings is 2. The SMILES string of the molecule is C=C/C=C(\C=C)C1CCc2ccccc2C1c1ccc(C)cc1.CC. The lowest BCUT2D eigenvalue weighted by Gasteiger charge is -2.35. The number of hydrogen-bond acceptors (Lipinski definition) is 0. The van der Waals surface area contributed by atoms with Crippen molar-refractivity contribution in [3.05, 3.63) is 108 Å². The molecule has 0 saturated heterocycles. The maximum absolute atomic E-state index is 4.04. The Balaban J connectivity index is 0.00000109. The Morgan fingerprint density at radius 1 is 1.00 bits per heavy atom. The quantitative estimate of drug-likeness (QED) is 0.529. The summed E-state index contributed by atoms with van der Waals surface area (Å²) >= 11 is 0. The van der Waals surface area contributed by atoms with Crippen LogP contribution in [0.1, 0.15) is 48.4 Å². The Morgan fingerprint density at radius 2 is 1.68 bits per heavy atom. The highest BCUT2D eigenvalue weighted by Crippen LogP contribution is 2.44. The molecular weight excluding hydrogens is 300 g/mol. The van der Waals surface area contributed by atoms with Gasteiger partial charge in [0.1, 0.15) is 0 Å². The van der Waals surface area contributed by atoms with Crippen LogP contribution in [0.15, 0.2) is 85.5 Å². The molecule has 2 aromatic rings. The lowest BCUT2D eigenvalue weighted by atomic mass is 9.69. The Morgan fingerprint density at radius 3 is 2.32 bits per heavy atom. The van der Waals surface area contributed by atoms with Crippen molar-refractivity contribution < 1.29 is 0 Å². The first kappa shape index (κ1) is 19.0. The van der Waals surface area contributed by atoms with Crippen molar-refractivity contribution in [3.63, 3.8) is 0 Å². The van der Waals surface area contributed by atoms with E-state index in [1.807, 2.05) is 26.0 Å². The summed E-state index contributed by atoms with van der Waals surface area (Å²) in [5.41, 5.74) is 6.94. The van der Waals surface area contributed by atoms with Crippen LogP contribution in [0.25, 0.3) is 0 Å². The molecular formula is C25H30. The molecule has 0 N–H and O–H groups in total. The predicted molar refractivity (Wildman–Crippen MR) is 111 cm³/mol. The average molecular weight is 331 g/mol. The van der Waals surface area contributed by atoms with E-state index in [2.05, 4.69) is 74.7 Å². The van der Waals surface area contributed by atoms with E-state index in [0.717, 1.165) is 12.8 Å². The van der Waals surface area contributed by atoms with E-state index in [0.29, 0.717) is 11.8 Å². The van der Waals surface area contributed by atoms with Gasteiger partial charge in [0.15, 0.2) is 0 Å². The Bertz CT molecular complexity index is 731. The molecule has 1 aliphatic rings. The van der Waals surface area contributed by atoms with E-state index >= 15 is 0 Å². The Kier molecular flexibility index (Phi) is 7.01. The van der Waals surface area contributed by atoms with Gasteiger partial charge in [-0.3, -0.25) is 0 Å². The van der Waals surface area contributed by atoms with E-state index in [4.69, 9.17) is 0 Å². The summed E-state index contributed by atoms with van der Waals surface area (Å²) in [6, 6.07) is 17.9. The first-order chi connectivity index (χ1) is 12.2. The fourth-order valence-electron chi connectivity index (χ4n) is 3.78. The molecule has 25 heavy (non-hydrogen) atoms. The van der Waals surface area contributed by atoms with Gasteiger partial charge < -0.3 is 0 Å². The summed E-state index contributed by atoms with van der Waals surface area (Å²) < 4.78 is 0. The van der Waals surface area contributed by atoms with Gasteiger partial charge in [-0.2, -0.15) is 0 Å². The van der Waals surface area contributed by atoms with Crippen molar-refractivity contribution in [2.75, 3.05) is 0 Å². The lowest BCUT2D eigenvalue weighted by Crippen LogP contribution is -2.23. The first-order valence-corrected chi connectivity index (χ1v) is 9.34. The van der Waals surface area contributed by atoms with Gasteiger partial charge in [0.2, 0.25) is 0 Å². The van der Waals surface area contributed by atoms with E-state index in [9.17, 15) is 0 Å². The van der Waals surface area contributed by atoms with Crippen LogP contribution in [0, 0.1) is 12.8 Å². The van der Waals surface area contributed by atoms with Gasteiger partial charge in [-0.25, -0.2) is 0 Å². The summed E-state index contributed by atoms with van der Waals surface area (Å²) in [5.74, 6) is 0.854. The number of hydrogen-bond donors (Lipinski definition) is 0. The number of allylic oxidation sites excluding steroid dienone is 4. The smallest absolute Gasteiger partial charge is 0.0161 e. The summed E-state index contributed by atoms with van der Waals surface area (Å²) in [4.78, 5) is 0. The minimum Gasteiger partial charge on any atom is -0.0991 e. The van der Waals surface area contributed by atoms with Gasteiger partial charge in [0, 0.05) is 5.92 Å². The number of fused-ring (bicyclic) bond motifs is 1. The van der Waals surface area contributed by atoms with Crippen LogP contribution < -0.4 is 0 Å². The van der Waals surface area contributed by atoms with Crippen molar-refractivity contribution in [1.82, 2.24) is 0 Å². The molecule has 3 rings (SSSR count). The molecule has 0 fully saturated rings. The molecule has 2 atom stereocenters. The van der Waals surface area contributed by atoms with Gasteiger partial charge in [-0.15, -0.1) is 0 Å². The third-order valence-corrected chi connectivity index (χ3v) is 4.93. The molecule has 2 aromatic carbocycles. The number of aryl methyl sites for hydroxylation is 2. The van der Waals surface area contributed by atoms with Crippen molar-refractivity contribution >= 4 is 0 Å². The predicted octanol–water partition coefficient (Wildman–Crippen LogP) is 7.01. The largest absolute Gasteiger partial charge is 0.0991 e. The number of rotatable bonds is 4. The van der Waals surface area contributed by atoms with Crippen LogP contribution in [-0.4, -0.2) is 0 Å². The highest BCUT2D eigenvalue weighted by Gasteiger charge is 2.31. The van der Waals surface area contributed by atoms with E-state index in [1.54, 1.807) is 0 Å². The van der Waals surface area contributed by atoms with Crippen molar-refractivity contribution in [2.24, 2.45) is 5.92 Å². The van der Waals surface area contributed by atoms with Crippen LogP contribution in [-0.2, 0) is 6.42 Å². The van der Waals surface area contributed by atoms with Gasteiger partial charge in [0.25, 0.3) is 0 Å². The van der Waals surface area contributed by atoms with Crippen LogP contribution in [0.5, 0.6) is 0 Å². The van der Waals surface area contributed by atoms with Gasteiger partial charge in [-0.05, 0) is 47.9 Å². The molecule has 0 nitrogen and oxygen atoms in total. The monoisotopic (exact) mass is 330 g/mol. The highest BCUT2D eigenvalue weighted by molar-refractivity contribution is 5.45. The van der Waals surface area contributed by atoms with Gasteiger partial charge in [-0.1, -0.05) is 99.3 Å². The topological polar surface area (TPSA) is 0 Å². The Labute approximate surface area is 153 Å². The lowest BCUT2D eigenvalue weighted by molar-refractivity contribution is 0.477. The first-order valence-electron chi connectivity index (χ1n) is 9.34. The minimum atomic E-state index is 0.393. The fraction of sp³-hybridized carbons (Fsp3) is 0.280. The third-order valence-electron chi connectivity index (χ3n) is 4.93. The molecule has 0 bridgehead atoms. The van der Waals surface area contributed by atoms with E-state index in [1.165, 1.54) is 27.8 Å². The summed E-state index contributed by atoms with van der Waals surface area (Å²) in [7, 11) is 0. The van der Waals surface area contributed by atoms with Gasteiger partial charge in [0.05, 0.1) is 0 Å². The molecule has 0 radical (unpaired) electrons. The zero-order valence-corrected chi connectivity index (χ0v) is 15.8. The molecule has 0 saturated carbocycles. The fourth-order valence-corrected chi connectivity index (χ4v) is 3.78. The second-order valence-electron chi connectivity index (χ2n) is 6.34. The molecule has 0 aliphatic heterocycles.